The second kappa shape index (κ2) is 8.98. The Labute approximate surface area is 199 Å². The van der Waals surface area contributed by atoms with Gasteiger partial charge in [-0.15, -0.1) is 0 Å². The summed E-state index contributed by atoms with van der Waals surface area (Å²) in [5.74, 6) is -0.459. The molecule has 1 N–H and O–H groups in total. The van der Waals surface area contributed by atoms with Crippen molar-refractivity contribution in [1.29, 1.82) is 0 Å². The van der Waals surface area contributed by atoms with Crippen molar-refractivity contribution in [1.82, 2.24) is 5.32 Å². The van der Waals surface area contributed by atoms with Crippen LogP contribution in [-0.4, -0.2) is 24.2 Å². The number of alkyl halides is 3. The number of halogens is 4. The molecule has 0 unspecified atom stereocenters. The van der Waals surface area contributed by atoms with Gasteiger partial charge in [0.1, 0.15) is 5.57 Å². The monoisotopic (exact) mass is 493 g/mol. The van der Waals surface area contributed by atoms with Gasteiger partial charge in [-0.05, 0) is 80.5 Å². The summed E-state index contributed by atoms with van der Waals surface area (Å²) in [6, 6.07) is 8.01. The number of hydrogen-bond acceptors (Lipinski definition) is 4. The van der Waals surface area contributed by atoms with E-state index in [0.29, 0.717) is 41.6 Å². The molecule has 2 aromatic rings. The van der Waals surface area contributed by atoms with Crippen molar-refractivity contribution >= 4 is 29.2 Å². The van der Waals surface area contributed by atoms with Crippen LogP contribution in [0.25, 0.3) is 16.7 Å². The number of benzene rings is 2. The van der Waals surface area contributed by atoms with Gasteiger partial charge in [-0.2, -0.15) is 13.2 Å². The maximum Gasteiger partial charge on any atom is 0.416 e. The Morgan fingerprint density at radius 2 is 1.88 bits per heavy atom. The van der Waals surface area contributed by atoms with Crippen molar-refractivity contribution in [3.05, 3.63) is 63.9 Å². The second-order valence-corrected chi connectivity index (χ2v) is 8.85. The highest BCUT2D eigenvalue weighted by molar-refractivity contribution is 6.34. The van der Waals surface area contributed by atoms with Crippen LogP contribution in [0.15, 0.2) is 42.2 Å². The lowest BCUT2D eigenvalue weighted by molar-refractivity contribution is -0.146. The average Bonchev–Trinajstić information content (AvgIpc) is 3.34. The molecule has 2 aromatic carbocycles. The van der Waals surface area contributed by atoms with Crippen molar-refractivity contribution < 1.29 is 32.2 Å². The number of rotatable bonds is 4. The number of nitrogens with one attached hydrogen (secondary N) is 1. The first kappa shape index (κ1) is 24.1. The number of carbonyl (C=O) groups is 2. The molecule has 4 rings (SSSR count). The number of carbonyl (C=O) groups excluding carboxylic acids is 2. The lowest BCUT2D eigenvalue weighted by atomic mass is 9.91. The van der Waals surface area contributed by atoms with Crippen molar-refractivity contribution in [3.63, 3.8) is 0 Å². The third kappa shape index (κ3) is 4.39. The summed E-state index contributed by atoms with van der Waals surface area (Å²) in [6.45, 7) is 3.81. The molecule has 5 nitrogen and oxygen atoms in total. The normalized spacial score (nSPS) is 17.3. The fraction of sp³-hybridized carbons (Fsp3) is 0.360. The van der Waals surface area contributed by atoms with Crippen LogP contribution >= 0.6 is 11.6 Å². The maximum atomic E-state index is 13.2. The Bertz CT molecular complexity index is 1180. The van der Waals surface area contributed by atoms with Gasteiger partial charge in [0.15, 0.2) is 11.4 Å². The van der Waals surface area contributed by atoms with Crippen LogP contribution in [0.2, 0.25) is 5.02 Å². The SMILES string of the molecule is CCNC(=O)OC1=C(c2cc(Cl)c(-c3cccc(C(F)(F)F)c3)cc2C)C(=O)OC12CCCC2. The van der Waals surface area contributed by atoms with E-state index in [1.165, 1.54) is 18.2 Å². The van der Waals surface area contributed by atoms with Crippen LogP contribution in [0.5, 0.6) is 0 Å². The van der Waals surface area contributed by atoms with Gasteiger partial charge in [0.05, 0.1) is 5.56 Å². The molecule has 0 atom stereocenters. The highest BCUT2D eigenvalue weighted by Crippen LogP contribution is 2.49. The van der Waals surface area contributed by atoms with Crippen LogP contribution in [0.3, 0.4) is 0 Å². The number of esters is 1. The lowest BCUT2D eigenvalue weighted by Crippen LogP contribution is -2.33. The third-order valence-electron chi connectivity index (χ3n) is 6.14. The van der Waals surface area contributed by atoms with Gasteiger partial charge in [0.2, 0.25) is 0 Å². The summed E-state index contributed by atoms with van der Waals surface area (Å²) < 4.78 is 50.9. The van der Waals surface area contributed by atoms with Crippen LogP contribution in [0.4, 0.5) is 18.0 Å². The quantitative estimate of drug-likeness (QED) is 0.484. The van der Waals surface area contributed by atoms with E-state index in [-0.39, 0.29) is 16.4 Å². The molecule has 1 fully saturated rings. The molecule has 1 aliphatic carbocycles. The van der Waals surface area contributed by atoms with Crippen LogP contribution in [0.1, 0.15) is 49.3 Å². The summed E-state index contributed by atoms with van der Waals surface area (Å²) in [5.41, 5.74) is 0.000503. The Morgan fingerprint density at radius 1 is 1.18 bits per heavy atom. The van der Waals surface area contributed by atoms with Gasteiger partial charge < -0.3 is 14.8 Å². The summed E-state index contributed by atoms with van der Waals surface area (Å²) in [7, 11) is 0. The number of aryl methyl sites for hydroxylation is 1. The molecule has 1 aliphatic heterocycles. The first-order valence-corrected chi connectivity index (χ1v) is 11.4. The molecule has 0 aromatic heterocycles. The molecule has 1 saturated carbocycles. The van der Waals surface area contributed by atoms with E-state index in [1.807, 2.05) is 0 Å². The van der Waals surface area contributed by atoms with Crippen molar-refractivity contribution in [2.24, 2.45) is 0 Å². The molecule has 2 aliphatic rings. The van der Waals surface area contributed by atoms with E-state index in [4.69, 9.17) is 21.1 Å². The first-order valence-electron chi connectivity index (χ1n) is 11.0. The Morgan fingerprint density at radius 3 is 2.53 bits per heavy atom. The lowest BCUT2D eigenvalue weighted by Gasteiger charge is -2.24. The fourth-order valence-corrected chi connectivity index (χ4v) is 4.83. The minimum atomic E-state index is -4.49. The minimum absolute atomic E-state index is 0.114. The second-order valence-electron chi connectivity index (χ2n) is 8.44. The Balaban J connectivity index is 1.82. The molecule has 180 valence electrons. The third-order valence-corrected chi connectivity index (χ3v) is 6.46. The summed E-state index contributed by atoms with van der Waals surface area (Å²) >= 11 is 6.51. The fourth-order valence-electron chi connectivity index (χ4n) is 4.56. The van der Waals surface area contributed by atoms with Gasteiger partial charge in [0, 0.05) is 17.1 Å². The molecule has 1 heterocycles. The first-order chi connectivity index (χ1) is 16.1. The predicted molar refractivity (Wildman–Crippen MR) is 121 cm³/mol. The molecular formula is C25H23ClF3NO4. The number of amides is 1. The molecule has 0 saturated heterocycles. The van der Waals surface area contributed by atoms with Gasteiger partial charge >= 0.3 is 18.2 Å². The van der Waals surface area contributed by atoms with Crippen LogP contribution < -0.4 is 5.32 Å². The topological polar surface area (TPSA) is 64.6 Å². The van der Waals surface area contributed by atoms with Gasteiger partial charge in [-0.25, -0.2) is 9.59 Å². The molecule has 34 heavy (non-hydrogen) atoms. The number of hydrogen-bond donors (Lipinski definition) is 1. The largest absolute Gasteiger partial charge is 0.447 e. The molecule has 1 amide bonds. The highest BCUT2D eigenvalue weighted by Gasteiger charge is 2.52. The number of ether oxygens (including phenoxy) is 2. The van der Waals surface area contributed by atoms with E-state index in [9.17, 15) is 22.8 Å². The molecule has 1 spiro atoms. The maximum absolute atomic E-state index is 13.2. The van der Waals surface area contributed by atoms with Gasteiger partial charge in [-0.1, -0.05) is 23.7 Å². The minimum Gasteiger partial charge on any atom is -0.447 e. The zero-order chi connectivity index (χ0) is 24.7. The van der Waals surface area contributed by atoms with Crippen molar-refractivity contribution in [2.45, 2.75) is 51.3 Å². The van der Waals surface area contributed by atoms with Crippen molar-refractivity contribution in [2.75, 3.05) is 6.54 Å². The van der Waals surface area contributed by atoms with Crippen molar-refractivity contribution in [3.8, 4) is 11.1 Å². The molecular weight excluding hydrogens is 471 g/mol. The van der Waals surface area contributed by atoms with Crippen LogP contribution in [-0.2, 0) is 20.4 Å². The highest BCUT2D eigenvalue weighted by atomic mass is 35.5. The Hall–Kier alpha value is -3.00. The van der Waals surface area contributed by atoms with E-state index in [1.54, 1.807) is 19.9 Å². The van der Waals surface area contributed by atoms with Gasteiger partial charge in [0.25, 0.3) is 0 Å². The van der Waals surface area contributed by atoms with E-state index < -0.39 is 29.4 Å². The van der Waals surface area contributed by atoms with Gasteiger partial charge in [-0.3, -0.25) is 0 Å². The predicted octanol–water partition coefficient (Wildman–Crippen LogP) is 6.66. The van der Waals surface area contributed by atoms with E-state index >= 15 is 0 Å². The zero-order valence-corrected chi connectivity index (χ0v) is 19.4. The summed E-state index contributed by atoms with van der Waals surface area (Å²) in [5, 5.41) is 2.72. The smallest absolute Gasteiger partial charge is 0.416 e. The summed E-state index contributed by atoms with van der Waals surface area (Å²) in [4.78, 5) is 25.3. The van der Waals surface area contributed by atoms with E-state index in [0.717, 1.165) is 25.0 Å². The van der Waals surface area contributed by atoms with E-state index in [2.05, 4.69) is 5.32 Å². The number of alkyl carbamates (subject to hydrolysis) is 1. The Kier molecular flexibility index (Phi) is 6.38. The van der Waals surface area contributed by atoms with Crippen LogP contribution in [0, 0.1) is 6.92 Å². The zero-order valence-electron chi connectivity index (χ0n) is 18.6. The average molecular weight is 494 g/mol. The molecule has 9 heteroatoms. The molecule has 0 radical (unpaired) electrons. The summed E-state index contributed by atoms with van der Waals surface area (Å²) in [6.07, 6.45) is -2.48. The standard InChI is InChI=1S/C25H23ClF3NO4/c1-3-30-23(32)33-21-20(22(31)34-24(21)9-4-5-10-24)17-13-19(26)18(11-14(17)2)15-7-6-8-16(12-15)25(27,28)29/h6-8,11-13H,3-5,9-10H2,1-2H3,(H,30,32). The molecule has 0 bridgehead atoms.